The number of ether oxygens (including phenoxy) is 1. The van der Waals surface area contributed by atoms with Gasteiger partial charge in [-0.1, -0.05) is 13.3 Å². The summed E-state index contributed by atoms with van der Waals surface area (Å²) in [7, 11) is 0. The van der Waals surface area contributed by atoms with Crippen LogP contribution in [0.5, 0.6) is 0 Å². The first kappa shape index (κ1) is 15.9. The van der Waals surface area contributed by atoms with Gasteiger partial charge in [0.1, 0.15) is 0 Å². The molecule has 1 saturated heterocycles. The van der Waals surface area contributed by atoms with Crippen molar-refractivity contribution in [3.05, 3.63) is 0 Å². The van der Waals surface area contributed by atoms with Gasteiger partial charge in [0.25, 0.3) is 0 Å². The van der Waals surface area contributed by atoms with E-state index < -0.39 is 0 Å². The highest BCUT2D eigenvalue weighted by Gasteiger charge is 2.23. The zero-order valence-electron chi connectivity index (χ0n) is 12.8. The number of likely N-dealkylation sites (tertiary alicyclic amines) is 1. The first-order chi connectivity index (χ1) is 8.28. The van der Waals surface area contributed by atoms with Crippen LogP contribution in [-0.4, -0.2) is 47.4 Å². The van der Waals surface area contributed by atoms with Crippen LogP contribution in [0.3, 0.4) is 0 Å². The van der Waals surface area contributed by atoms with Crippen LogP contribution in [0.4, 0.5) is 0 Å². The van der Waals surface area contributed by atoms with Gasteiger partial charge in [-0.2, -0.15) is 0 Å². The van der Waals surface area contributed by atoms with Crippen LogP contribution in [0.2, 0.25) is 0 Å². The number of hydrogen-bond acceptors (Lipinski definition) is 3. The van der Waals surface area contributed by atoms with Crippen molar-refractivity contribution < 1.29 is 9.84 Å². The molecule has 0 aromatic rings. The molecule has 0 aromatic heterocycles. The summed E-state index contributed by atoms with van der Waals surface area (Å²) in [5.41, 5.74) is -0.168. The molecule has 1 aliphatic rings. The van der Waals surface area contributed by atoms with Gasteiger partial charge in [-0.05, 0) is 46.5 Å². The van der Waals surface area contributed by atoms with E-state index in [-0.39, 0.29) is 11.7 Å². The summed E-state index contributed by atoms with van der Waals surface area (Å²) in [5, 5.41) is 10.1. The van der Waals surface area contributed by atoms with Gasteiger partial charge in [-0.3, -0.25) is 4.90 Å². The Morgan fingerprint density at radius 2 is 1.94 bits per heavy atom. The number of nitrogens with zero attached hydrogens (tertiary/aromatic N) is 1. The van der Waals surface area contributed by atoms with Gasteiger partial charge in [0.15, 0.2) is 0 Å². The van der Waals surface area contributed by atoms with E-state index in [1.165, 1.54) is 19.3 Å². The molecule has 0 bridgehead atoms. The average molecular weight is 257 g/mol. The van der Waals surface area contributed by atoms with Gasteiger partial charge in [0, 0.05) is 19.1 Å². The summed E-state index contributed by atoms with van der Waals surface area (Å²) in [6, 6.07) is 0.583. The third kappa shape index (κ3) is 6.17. The lowest BCUT2D eigenvalue weighted by Gasteiger charge is -2.31. The third-order valence-corrected chi connectivity index (χ3v) is 3.64. The molecule has 1 heterocycles. The molecule has 0 amide bonds. The zero-order valence-corrected chi connectivity index (χ0v) is 12.8. The van der Waals surface area contributed by atoms with Crippen LogP contribution in [0.1, 0.15) is 53.9 Å². The summed E-state index contributed by atoms with van der Waals surface area (Å²) in [6.45, 7) is 12.9. The van der Waals surface area contributed by atoms with E-state index >= 15 is 0 Å². The Labute approximate surface area is 113 Å². The van der Waals surface area contributed by atoms with Gasteiger partial charge >= 0.3 is 0 Å². The second-order valence-corrected chi connectivity index (χ2v) is 6.92. The molecule has 1 fully saturated rings. The van der Waals surface area contributed by atoms with Gasteiger partial charge in [0.05, 0.1) is 18.3 Å². The van der Waals surface area contributed by atoms with Crippen LogP contribution in [-0.2, 0) is 4.74 Å². The standard InChI is InChI=1S/C15H31NO2/c1-12-7-6-8-13(2)16(9-12)10-14(17)11-18-15(3,4)5/h12-14,17H,6-11H2,1-5H3. The Morgan fingerprint density at radius 1 is 1.28 bits per heavy atom. The summed E-state index contributed by atoms with van der Waals surface area (Å²) in [5.74, 6) is 0.741. The summed E-state index contributed by atoms with van der Waals surface area (Å²) in [6.07, 6.45) is 3.50. The van der Waals surface area contributed by atoms with Crippen molar-refractivity contribution in [1.29, 1.82) is 0 Å². The average Bonchev–Trinajstić information content (AvgIpc) is 2.38. The largest absolute Gasteiger partial charge is 0.389 e. The molecule has 1 aliphatic heterocycles. The Bertz CT molecular complexity index is 237. The second kappa shape index (κ2) is 6.88. The van der Waals surface area contributed by atoms with E-state index in [1.807, 2.05) is 20.8 Å². The van der Waals surface area contributed by atoms with E-state index in [0.717, 1.165) is 19.0 Å². The third-order valence-electron chi connectivity index (χ3n) is 3.64. The molecular formula is C15H31NO2. The Hall–Kier alpha value is -0.120. The molecule has 3 atom stereocenters. The fourth-order valence-electron chi connectivity index (χ4n) is 2.54. The van der Waals surface area contributed by atoms with Crippen molar-refractivity contribution in [3.63, 3.8) is 0 Å². The number of aliphatic hydroxyl groups excluding tert-OH is 1. The quantitative estimate of drug-likeness (QED) is 0.840. The molecular weight excluding hydrogens is 226 g/mol. The van der Waals surface area contributed by atoms with Crippen molar-refractivity contribution in [2.45, 2.75) is 71.6 Å². The lowest BCUT2D eigenvalue weighted by atomic mass is 10.1. The first-order valence-corrected chi connectivity index (χ1v) is 7.34. The van der Waals surface area contributed by atoms with Crippen molar-refractivity contribution in [2.75, 3.05) is 19.7 Å². The highest BCUT2D eigenvalue weighted by Crippen LogP contribution is 2.21. The Kier molecular flexibility index (Phi) is 6.09. The molecule has 3 nitrogen and oxygen atoms in total. The van der Waals surface area contributed by atoms with Gasteiger partial charge in [0.2, 0.25) is 0 Å². The highest BCUT2D eigenvalue weighted by atomic mass is 16.5. The number of rotatable bonds is 4. The highest BCUT2D eigenvalue weighted by molar-refractivity contribution is 4.77. The second-order valence-electron chi connectivity index (χ2n) is 6.92. The van der Waals surface area contributed by atoms with Gasteiger partial charge < -0.3 is 9.84 Å². The molecule has 1 rings (SSSR count). The van der Waals surface area contributed by atoms with E-state index in [1.54, 1.807) is 0 Å². The van der Waals surface area contributed by atoms with E-state index in [0.29, 0.717) is 12.6 Å². The smallest absolute Gasteiger partial charge is 0.0900 e. The lowest BCUT2D eigenvalue weighted by molar-refractivity contribution is -0.0589. The maximum absolute atomic E-state index is 10.1. The molecule has 1 N–H and O–H groups in total. The van der Waals surface area contributed by atoms with Gasteiger partial charge in [-0.15, -0.1) is 0 Å². The first-order valence-electron chi connectivity index (χ1n) is 7.34. The minimum Gasteiger partial charge on any atom is -0.389 e. The molecule has 3 heteroatoms. The molecule has 0 spiro atoms. The topological polar surface area (TPSA) is 32.7 Å². The van der Waals surface area contributed by atoms with Crippen LogP contribution < -0.4 is 0 Å². The predicted molar refractivity (Wildman–Crippen MR) is 75.8 cm³/mol. The van der Waals surface area contributed by atoms with Crippen molar-refractivity contribution in [2.24, 2.45) is 5.92 Å². The van der Waals surface area contributed by atoms with Crippen LogP contribution in [0.15, 0.2) is 0 Å². The van der Waals surface area contributed by atoms with Crippen molar-refractivity contribution in [1.82, 2.24) is 4.90 Å². The fourth-order valence-corrected chi connectivity index (χ4v) is 2.54. The maximum Gasteiger partial charge on any atom is 0.0900 e. The summed E-state index contributed by atoms with van der Waals surface area (Å²) in [4.78, 5) is 2.42. The minimum absolute atomic E-state index is 0.168. The van der Waals surface area contributed by atoms with Crippen LogP contribution in [0.25, 0.3) is 0 Å². The van der Waals surface area contributed by atoms with Crippen molar-refractivity contribution >= 4 is 0 Å². The predicted octanol–water partition coefficient (Wildman–Crippen LogP) is 2.67. The Morgan fingerprint density at radius 3 is 2.56 bits per heavy atom. The summed E-state index contributed by atoms with van der Waals surface area (Å²) >= 11 is 0. The van der Waals surface area contributed by atoms with Crippen molar-refractivity contribution in [3.8, 4) is 0 Å². The fraction of sp³-hybridized carbons (Fsp3) is 1.00. The van der Waals surface area contributed by atoms with Crippen LogP contribution >= 0.6 is 0 Å². The number of hydrogen-bond donors (Lipinski definition) is 1. The number of β-amino-alcohol motifs (C(OH)–C–C–N with tert-alkyl or cyclic N) is 1. The zero-order chi connectivity index (χ0) is 13.8. The molecule has 0 aromatic carbocycles. The summed E-state index contributed by atoms with van der Waals surface area (Å²) < 4.78 is 5.65. The monoisotopic (exact) mass is 257 g/mol. The maximum atomic E-state index is 10.1. The number of aliphatic hydroxyl groups is 1. The Balaban J connectivity index is 2.38. The molecule has 0 radical (unpaired) electrons. The molecule has 18 heavy (non-hydrogen) atoms. The molecule has 0 aliphatic carbocycles. The molecule has 3 unspecified atom stereocenters. The lowest BCUT2D eigenvalue weighted by Crippen LogP contribution is -2.42. The van der Waals surface area contributed by atoms with E-state index in [2.05, 4.69) is 18.7 Å². The van der Waals surface area contributed by atoms with E-state index in [9.17, 15) is 5.11 Å². The van der Waals surface area contributed by atoms with Crippen LogP contribution in [0, 0.1) is 5.92 Å². The normalized spacial score (nSPS) is 29.0. The molecule has 108 valence electrons. The SMILES string of the molecule is CC1CCCC(C)N(CC(O)COC(C)(C)C)C1. The minimum atomic E-state index is -0.378. The van der Waals surface area contributed by atoms with Gasteiger partial charge in [-0.25, -0.2) is 0 Å². The molecule has 0 saturated carbocycles. The van der Waals surface area contributed by atoms with E-state index in [4.69, 9.17) is 4.74 Å².